The zero-order valence-electron chi connectivity index (χ0n) is 16.0. The van der Waals surface area contributed by atoms with Crippen LogP contribution in [0.15, 0.2) is 49.1 Å². The highest BCUT2D eigenvalue weighted by Gasteiger charge is 2.30. The molecule has 4 rings (SSSR count). The molecule has 0 aliphatic carbocycles. The molecule has 0 aromatic carbocycles. The maximum atomic E-state index is 5.00. The van der Waals surface area contributed by atoms with Gasteiger partial charge in [0.15, 0.2) is 11.6 Å². The number of aromatic nitrogens is 5. The van der Waals surface area contributed by atoms with Crippen LogP contribution in [0.3, 0.4) is 0 Å². The molecule has 0 bridgehead atoms. The Morgan fingerprint density at radius 2 is 1.74 bits per heavy atom. The molecule has 140 valence electrons. The van der Waals surface area contributed by atoms with E-state index < -0.39 is 0 Å². The van der Waals surface area contributed by atoms with Gasteiger partial charge in [-0.25, -0.2) is 9.67 Å². The first-order valence-electron chi connectivity index (χ1n) is 9.72. The molecule has 1 atom stereocenters. The van der Waals surface area contributed by atoms with E-state index in [4.69, 9.17) is 10.1 Å². The Kier molecular flexibility index (Phi) is 5.25. The van der Waals surface area contributed by atoms with Crippen molar-refractivity contribution in [2.75, 3.05) is 13.1 Å². The van der Waals surface area contributed by atoms with Crippen molar-refractivity contribution in [3.05, 3.63) is 66.3 Å². The molecular weight excluding hydrogens is 336 g/mol. The van der Waals surface area contributed by atoms with Crippen LogP contribution in [0.1, 0.15) is 49.9 Å². The van der Waals surface area contributed by atoms with Gasteiger partial charge < -0.3 is 0 Å². The van der Waals surface area contributed by atoms with Crippen LogP contribution in [0, 0.1) is 5.92 Å². The molecule has 3 aromatic heterocycles. The molecule has 1 aliphatic heterocycles. The van der Waals surface area contributed by atoms with Crippen molar-refractivity contribution in [2.24, 2.45) is 5.92 Å². The van der Waals surface area contributed by atoms with E-state index in [1.807, 2.05) is 41.5 Å². The SMILES string of the molecule is CC(C)Cc1nc(C(c2cccnc2)N2CCCC2)n(-c2cccnc2)n1. The molecule has 1 saturated heterocycles. The second-order valence-corrected chi connectivity index (χ2v) is 7.54. The molecule has 1 unspecified atom stereocenters. The normalized spacial score (nSPS) is 16.1. The molecule has 0 amide bonds. The predicted molar refractivity (Wildman–Crippen MR) is 105 cm³/mol. The fraction of sp³-hybridized carbons (Fsp3) is 0.429. The second kappa shape index (κ2) is 7.96. The van der Waals surface area contributed by atoms with Crippen LogP contribution in [0.4, 0.5) is 0 Å². The van der Waals surface area contributed by atoms with Crippen molar-refractivity contribution in [1.29, 1.82) is 0 Å². The van der Waals surface area contributed by atoms with E-state index in [0.717, 1.165) is 42.4 Å². The van der Waals surface area contributed by atoms with Crippen LogP contribution in [-0.2, 0) is 6.42 Å². The summed E-state index contributed by atoms with van der Waals surface area (Å²) in [6.07, 6.45) is 10.7. The van der Waals surface area contributed by atoms with Gasteiger partial charge in [0.1, 0.15) is 0 Å². The quantitative estimate of drug-likeness (QED) is 0.672. The molecule has 1 fully saturated rings. The Bertz CT molecular complexity index is 853. The summed E-state index contributed by atoms with van der Waals surface area (Å²) in [4.78, 5) is 16.1. The number of rotatable bonds is 6. The molecule has 4 heterocycles. The minimum atomic E-state index is 0.0508. The molecule has 27 heavy (non-hydrogen) atoms. The fourth-order valence-corrected chi connectivity index (χ4v) is 3.73. The summed E-state index contributed by atoms with van der Waals surface area (Å²) in [7, 11) is 0. The van der Waals surface area contributed by atoms with Crippen LogP contribution in [0.2, 0.25) is 0 Å². The minimum absolute atomic E-state index is 0.0508. The van der Waals surface area contributed by atoms with Gasteiger partial charge in [-0.1, -0.05) is 19.9 Å². The van der Waals surface area contributed by atoms with Crippen LogP contribution in [-0.4, -0.2) is 42.7 Å². The van der Waals surface area contributed by atoms with Crippen molar-refractivity contribution in [2.45, 2.75) is 39.2 Å². The lowest BCUT2D eigenvalue weighted by atomic mass is 10.1. The third-order valence-electron chi connectivity index (χ3n) is 4.91. The van der Waals surface area contributed by atoms with Crippen molar-refractivity contribution in [1.82, 2.24) is 29.6 Å². The average molecular weight is 362 g/mol. The van der Waals surface area contributed by atoms with Gasteiger partial charge in [0.05, 0.1) is 17.9 Å². The maximum Gasteiger partial charge on any atom is 0.154 e. The van der Waals surface area contributed by atoms with Gasteiger partial charge in [-0.05, 0) is 55.6 Å². The van der Waals surface area contributed by atoms with Crippen LogP contribution < -0.4 is 0 Å². The first-order valence-corrected chi connectivity index (χ1v) is 9.72. The summed E-state index contributed by atoms with van der Waals surface area (Å²) in [5.74, 6) is 2.34. The summed E-state index contributed by atoms with van der Waals surface area (Å²) in [5.41, 5.74) is 2.11. The second-order valence-electron chi connectivity index (χ2n) is 7.54. The van der Waals surface area contributed by atoms with E-state index in [9.17, 15) is 0 Å². The highest BCUT2D eigenvalue weighted by atomic mass is 15.4. The predicted octanol–water partition coefficient (Wildman–Crippen LogP) is 3.44. The van der Waals surface area contributed by atoms with Gasteiger partial charge in [-0.3, -0.25) is 14.9 Å². The molecular formula is C21H26N6. The number of nitrogens with zero attached hydrogens (tertiary/aromatic N) is 6. The van der Waals surface area contributed by atoms with Gasteiger partial charge in [0.25, 0.3) is 0 Å². The van der Waals surface area contributed by atoms with Gasteiger partial charge >= 0.3 is 0 Å². The summed E-state index contributed by atoms with van der Waals surface area (Å²) >= 11 is 0. The number of hydrogen-bond acceptors (Lipinski definition) is 5. The van der Waals surface area contributed by atoms with Crippen molar-refractivity contribution >= 4 is 0 Å². The topological polar surface area (TPSA) is 59.7 Å². The van der Waals surface area contributed by atoms with Crippen LogP contribution in [0.25, 0.3) is 5.69 Å². The van der Waals surface area contributed by atoms with E-state index in [1.54, 1.807) is 6.20 Å². The largest absolute Gasteiger partial charge is 0.290 e. The molecule has 1 aliphatic rings. The Morgan fingerprint density at radius 1 is 1.00 bits per heavy atom. The van der Waals surface area contributed by atoms with E-state index in [0.29, 0.717) is 5.92 Å². The lowest BCUT2D eigenvalue weighted by Crippen LogP contribution is -2.29. The highest BCUT2D eigenvalue weighted by Crippen LogP contribution is 2.31. The zero-order chi connectivity index (χ0) is 18.6. The standard InChI is InChI=1S/C21H26N6/c1-16(2)13-19-24-21(27(25-19)18-8-6-10-23-15-18)20(26-11-3-4-12-26)17-7-5-9-22-14-17/h5-10,14-16,20H,3-4,11-13H2,1-2H3. The van der Waals surface area contributed by atoms with Crippen molar-refractivity contribution in [3.8, 4) is 5.69 Å². The van der Waals surface area contributed by atoms with Gasteiger partial charge in [-0.2, -0.15) is 5.10 Å². The minimum Gasteiger partial charge on any atom is -0.290 e. The highest BCUT2D eigenvalue weighted by molar-refractivity contribution is 5.32. The smallest absolute Gasteiger partial charge is 0.154 e. The molecule has 0 saturated carbocycles. The first kappa shape index (κ1) is 17.8. The van der Waals surface area contributed by atoms with Crippen LogP contribution >= 0.6 is 0 Å². The van der Waals surface area contributed by atoms with E-state index >= 15 is 0 Å². The molecule has 3 aromatic rings. The molecule has 0 spiro atoms. The number of pyridine rings is 2. The van der Waals surface area contributed by atoms with E-state index in [-0.39, 0.29) is 6.04 Å². The van der Waals surface area contributed by atoms with E-state index in [2.05, 4.69) is 34.8 Å². The Labute approximate surface area is 160 Å². The maximum absolute atomic E-state index is 5.00. The molecule has 0 N–H and O–H groups in total. The fourth-order valence-electron chi connectivity index (χ4n) is 3.73. The number of hydrogen-bond donors (Lipinski definition) is 0. The Hall–Kier alpha value is -2.60. The lowest BCUT2D eigenvalue weighted by Gasteiger charge is -2.27. The summed E-state index contributed by atoms with van der Waals surface area (Å²) < 4.78 is 1.97. The lowest BCUT2D eigenvalue weighted by molar-refractivity contribution is 0.268. The van der Waals surface area contributed by atoms with Crippen LogP contribution in [0.5, 0.6) is 0 Å². The van der Waals surface area contributed by atoms with Gasteiger partial charge in [-0.15, -0.1) is 0 Å². The van der Waals surface area contributed by atoms with Crippen molar-refractivity contribution in [3.63, 3.8) is 0 Å². The average Bonchev–Trinajstić information content (AvgIpc) is 3.34. The van der Waals surface area contributed by atoms with Gasteiger partial charge in [0, 0.05) is 25.0 Å². The summed E-state index contributed by atoms with van der Waals surface area (Å²) in [6.45, 7) is 6.53. The molecule has 6 heteroatoms. The first-order chi connectivity index (χ1) is 13.2. The Balaban J connectivity index is 1.84. The van der Waals surface area contributed by atoms with Gasteiger partial charge in [0.2, 0.25) is 0 Å². The molecule has 6 nitrogen and oxygen atoms in total. The Morgan fingerprint density at radius 3 is 2.37 bits per heavy atom. The van der Waals surface area contributed by atoms with E-state index in [1.165, 1.54) is 12.8 Å². The summed E-state index contributed by atoms with van der Waals surface area (Å²) in [5, 5.41) is 4.86. The zero-order valence-corrected chi connectivity index (χ0v) is 16.0. The molecule has 0 radical (unpaired) electrons. The third-order valence-corrected chi connectivity index (χ3v) is 4.91. The number of likely N-dealkylation sites (tertiary alicyclic amines) is 1. The van der Waals surface area contributed by atoms with Crippen molar-refractivity contribution < 1.29 is 0 Å². The summed E-state index contributed by atoms with van der Waals surface area (Å²) in [6, 6.07) is 8.17. The monoisotopic (exact) mass is 362 g/mol. The third kappa shape index (κ3) is 3.90.